The third-order valence-electron chi connectivity index (χ3n) is 3.54. The van der Waals surface area contributed by atoms with Crippen molar-refractivity contribution >= 4 is 5.78 Å². The number of hydrogen-bond donors (Lipinski definition) is 0. The van der Waals surface area contributed by atoms with E-state index < -0.39 is 0 Å². The number of pyridine rings is 1. The van der Waals surface area contributed by atoms with Gasteiger partial charge in [-0.1, -0.05) is 20.8 Å². The number of imidazole rings is 1. The van der Waals surface area contributed by atoms with Gasteiger partial charge >= 0.3 is 0 Å². The zero-order valence-corrected chi connectivity index (χ0v) is 13.2. The van der Waals surface area contributed by atoms with Crippen LogP contribution in [0.5, 0.6) is 0 Å². The normalized spacial score (nSPS) is 11.7. The summed E-state index contributed by atoms with van der Waals surface area (Å²) < 4.78 is 3.64. The molecule has 5 heteroatoms. The quantitative estimate of drug-likeness (QED) is 0.809. The van der Waals surface area contributed by atoms with Crippen molar-refractivity contribution in [3.63, 3.8) is 0 Å². The Morgan fingerprint density at radius 3 is 2.43 bits per heavy atom. The van der Waals surface area contributed by atoms with E-state index in [-0.39, 0.29) is 28.6 Å². The molecule has 112 valence electrons. The molecule has 0 spiro atoms. The first-order valence-electron chi connectivity index (χ1n) is 6.90. The standard InChI is InChI=1S/C16H21N3O2/c1-16(2,3)14-8-12(20)11(10-19(14)5)13(21)9-15-17-6-7-18(15)4/h6-8,10H,9H2,1-5H3. The lowest BCUT2D eigenvalue weighted by Crippen LogP contribution is -2.26. The number of nitrogens with zero attached hydrogens (tertiary/aromatic N) is 3. The molecule has 21 heavy (non-hydrogen) atoms. The highest BCUT2D eigenvalue weighted by molar-refractivity contribution is 5.96. The second-order valence-electron chi connectivity index (χ2n) is 6.35. The van der Waals surface area contributed by atoms with E-state index in [1.54, 1.807) is 29.2 Å². The lowest BCUT2D eigenvalue weighted by atomic mass is 9.90. The summed E-state index contributed by atoms with van der Waals surface area (Å²) in [5.41, 5.74) is 0.751. The van der Waals surface area contributed by atoms with Crippen LogP contribution >= 0.6 is 0 Å². The molecule has 0 saturated carbocycles. The van der Waals surface area contributed by atoms with Crippen LogP contribution in [0.15, 0.2) is 29.5 Å². The molecule has 2 aromatic heterocycles. The van der Waals surface area contributed by atoms with Crippen LogP contribution in [0.4, 0.5) is 0 Å². The SMILES string of the molecule is Cn1cc(C(=O)Cc2nccn2C)c(=O)cc1C(C)(C)C. The van der Waals surface area contributed by atoms with Crippen LogP contribution < -0.4 is 5.43 Å². The number of aryl methyl sites for hydroxylation is 2. The number of Topliss-reactive ketones (excluding diaryl/α,β-unsaturated/α-hetero) is 1. The molecule has 5 nitrogen and oxygen atoms in total. The molecule has 0 aliphatic carbocycles. The molecule has 0 radical (unpaired) electrons. The first-order chi connectivity index (χ1) is 9.70. The monoisotopic (exact) mass is 287 g/mol. The third-order valence-corrected chi connectivity index (χ3v) is 3.54. The molecule has 0 fully saturated rings. The highest BCUT2D eigenvalue weighted by Crippen LogP contribution is 2.20. The number of rotatable bonds is 3. The molecule has 0 N–H and O–H groups in total. The Bertz CT molecular complexity index is 733. The third kappa shape index (κ3) is 3.12. The molecule has 2 aromatic rings. The van der Waals surface area contributed by atoms with Gasteiger partial charge in [-0.15, -0.1) is 0 Å². The summed E-state index contributed by atoms with van der Waals surface area (Å²) in [6.07, 6.45) is 5.19. The summed E-state index contributed by atoms with van der Waals surface area (Å²) in [6.45, 7) is 6.12. The van der Waals surface area contributed by atoms with E-state index in [0.29, 0.717) is 5.82 Å². The number of hydrogen-bond acceptors (Lipinski definition) is 3. The van der Waals surface area contributed by atoms with E-state index in [9.17, 15) is 9.59 Å². The van der Waals surface area contributed by atoms with Gasteiger partial charge in [0.2, 0.25) is 0 Å². The van der Waals surface area contributed by atoms with Crippen molar-refractivity contribution in [3.05, 3.63) is 52.0 Å². The summed E-state index contributed by atoms with van der Waals surface area (Å²) in [6, 6.07) is 1.56. The van der Waals surface area contributed by atoms with Crippen molar-refractivity contribution in [2.45, 2.75) is 32.6 Å². The first-order valence-corrected chi connectivity index (χ1v) is 6.90. The fraction of sp³-hybridized carbons (Fsp3) is 0.438. The largest absolute Gasteiger partial charge is 0.353 e. The lowest BCUT2D eigenvalue weighted by molar-refractivity contribution is 0.0988. The fourth-order valence-electron chi connectivity index (χ4n) is 2.39. The summed E-state index contributed by atoms with van der Waals surface area (Å²) >= 11 is 0. The molecular weight excluding hydrogens is 266 g/mol. The van der Waals surface area contributed by atoms with Crippen molar-refractivity contribution in [3.8, 4) is 0 Å². The summed E-state index contributed by atoms with van der Waals surface area (Å²) in [5.74, 6) is 0.451. The number of carbonyl (C=O) groups excluding carboxylic acids is 1. The maximum Gasteiger partial charge on any atom is 0.192 e. The van der Waals surface area contributed by atoms with Crippen LogP contribution in [0, 0.1) is 0 Å². The summed E-state index contributed by atoms with van der Waals surface area (Å²) in [7, 11) is 3.69. The van der Waals surface area contributed by atoms with Crippen molar-refractivity contribution < 1.29 is 4.79 Å². The molecule has 0 aromatic carbocycles. The van der Waals surface area contributed by atoms with Crippen LogP contribution in [-0.4, -0.2) is 19.9 Å². The van der Waals surface area contributed by atoms with Crippen LogP contribution in [-0.2, 0) is 25.9 Å². The minimum atomic E-state index is -0.225. The van der Waals surface area contributed by atoms with Gasteiger partial charge in [0, 0.05) is 49.9 Å². The number of ketones is 1. The minimum Gasteiger partial charge on any atom is -0.353 e. The smallest absolute Gasteiger partial charge is 0.192 e. The summed E-state index contributed by atoms with van der Waals surface area (Å²) in [4.78, 5) is 28.7. The maximum absolute atomic E-state index is 12.3. The van der Waals surface area contributed by atoms with E-state index in [0.717, 1.165) is 5.69 Å². The van der Waals surface area contributed by atoms with Gasteiger partial charge in [-0.25, -0.2) is 4.98 Å². The minimum absolute atomic E-state index is 0.133. The van der Waals surface area contributed by atoms with Gasteiger partial charge in [-0.05, 0) is 0 Å². The topological polar surface area (TPSA) is 56.9 Å². The second kappa shape index (κ2) is 5.31. The zero-order chi connectivity index (χ0) is 15.8. The van der Waals surface area contributed by atoms with Gasteiger partial charge < -0.3 is 9.13 Å². The number of carbonyl (C=O) groups is 1. The van der Waals surface area contributed by atoms with E-state index in [4.69, 9.17) is 0 Å². The maximum atomic E-state index is 12.3. The van der Waals surface area contributed by atoms with Gasteiger partial charge in [0.15, 0.2) is 11.2 Å². The van der Waals surface area contributed by atoms with Gasteiger partial charge in [0.1, 0.15) is 5.82 Å². The summed E-state index contributed by atoms with van der Waals surface area (Å²) in [5, 5.41) is 0. The fourth-order valence-corrected chi connectivity index (χ4v) is 2.39. The van der Waals surface area contributed by atoms with E-state index >= 15 is 0 Å². The molecule has 0 atom stereocenters. The van der Waals surface area contributed by atoms with Crippen LogP contribution in [0.2, 0.25) is 0 Å². The first kappa shape index (κ1) is 15.2. The molecule has 2 rings (SSSR count). The van der Waals surface area contributed by atoms with Gasteiger partial charge in [-0.3, -0.25) is 9.59 Å². The van der Waals surface area contributed by atoms with Crippen molar-refractivity contribution in [1.82, 2.24) is 14.1 Å². The predicted octanol–water partition coefficient (Wildman–Crippen LogP) is 1.84. The second-order valence-corrected chi connectivity index (χ2v) is 6.35. The predicted molar refractivity (Wildman–Crippen MR) is 81.6 cm³/mol. The Morgan fingerprint density at radius 2 is 1.90 bits per heavy atom. The average molecular weight is 287 g/mol. The van der Waals surface area contributed by atoms with Crippen molar-refractivity contribution in [1.29, 1.82) is 0 Å². The van der Waals surface area contributed by atoms with Gasteiger partial charge in [0.05, 0.1) is 12.0 Å². The van der Waals surface area contributed by atoms with Gasteiger partial charge in [-0.2, -0.15) is 0 Å². The lowest BCUT2D eigenvalue weighted by Gasteiger charge is -2.22. The Balaban J connectivity index is 2.37. The Kier molecular flexibility index (Phi) is 3.85. The Labute approximate surface area is 124 Å². The van der Waals surface area contributed by atoms with Gasteiger partial charge in [0.25, 0.3) is 0 Å². The zero-order valence-electron chi connectivity index (χ0n) is 13.2. The highest BCUT2D eigenvalue weighted by Gasteiger charge is 2.20. The molecular formula is C16H21N3O2. The molecule has 0 amide bonds. The van der Waals surface area contributed by atoms with E-state index in [2.05, 4.69) is 4.98 Å². The molecule has 0 aliphatic heterocycles. The average Bonchev–Trinajstić information content (AvgIpc) is 2.76. The molecule has 0 bridgehead atoms. The molecule has 0 aliphatic rings. The Morgan fingerprint density at radius 1 is 1.24 bits per heavy atom. The molecule has 0 saturated heterocycles. The van der Waals surface area contributed by atoms with E-state index in [1.807, 2.05) is 39.4 Å². The Hall–Kier alpha value is -2.17. The number of aromatic nitrogens is 3. The highest BCUT2D eigenvalue weighted by atomic mass is 16.1. The van der Waals surface area contributed by atoms with Crippen LogP contribution in [0.1, 0.15) is 42.6 Å². The van der Waals surface area contributed by atoms with Crippen LogP contribution in [0.3, 0.4) is 0 Å². The van der Waals surface area contributed by atoms with E-state index in [1.165, 1.54) is 0 Å². The molecule has 2 heterocycles. The van der Waals surface area contributed by atoms with Crippen molar-refractivity contribution in [2.75, 3.05) is 0 Å². The molecule has 0 unspecified atom stereocenters. The van der Waals surface area contributed by atoms with Crippen LogP contribution in [0.25, 0.3) is 0 Å². The van der Waals surface area contributed by atoms with Crippen molar-refractivity contribution in [2.24, 2.45) is 14.1 Å².